The van der Waals surface area contributed by atoms with Gasteiger partial charge < -0.3 is 23.7 Å². The van der Waals surface area contributed by atoms with Crippen molar-refractivity contribution >= 4 is 33.8 Å². The molecule has 9 heteroatoms. The van der Waals surface area contributed by atoms with Gasteiger partial charge in [-0.2, -0.15) is 0 Å². The van der Waals surface area contributed by atoms with E-state index >= 15 is 0 Å². The minimum Gasteiger partial charge on any atom is -0.463 e. The quantitative estimate of drug-likeness (QED) is 0.267. The number of rotatable bonds is 7. The Morgan fingerprint density at radius 1 is 1.08 bits per heavy atom. The number of halogens is 1. The number of alkyl halides is 1. The summed E-state index contributed by atoms with van der Waals surface area (Å²) in [4.78, 5) is 33.3. The molecule has 0 aromatic carbocycles. The third kappa shape index (κ3) is 6.21. The van der Waals surface area contributed by atoms with Gasteiger partial charge >= 0.3 is 17.9 Å². The minimum absolute atomic E-state index is 0.182. The van der Waals surface area contributed by atoms with Gasteiger partial charge in [-0.3, -0.25) is 14.4 Å². The Hall–Kier alpha value is -1.45. The summed E-state index contributed by atoms with van der Waals surface area (Å²) in [5.41, 5.74) is 0. The zero-order chi connectivity index (χ0) is 18.3. The van der Waals surface area contributed by atoms with Crippen LogP contribution in [0.15, 0.2) is 12.7 Å². The first kappa shape index (κ1) is 20.6. The molecule has 5 atom stereocenters. The maximum Gasteiger partial charge on any atom is 0.303 e. The monoisotopic (exact) mass is 408 g/mol. The van der Waals surface area contributed by atoms with E-state index in [0.717, 1.165) is 0 Å². The van der Waals surface area contributed by atoms with Crippen molar-refractivity contribution in [1.82, 2.24) is 0 Å². The number of esters is 3. The average molecular weight is 409 g/mol. The molecular weight excluding hydrogens is 388 g/mol. The van der Waals surface area contributed by atoms with Gasteiger partial charge in [0.2, 0.25) is 0 Å². The van der Waals surface area contributed by atoms with E-state index in [9.17, 15) is 14.4 Å². The van der Waals surface area contributed by atoms with Crippen LogP contribution >= 0.6 is 15.9 Å². The zero-order valence-electron chi connectivity index (χ0n) is 13.7. The van der Waals surface area contributed by atoms with Gasteiger partial charge in [0.1, 0.15) is 17.5 Å². The van der Waals surface area contributed by atoms with E-state index in [4.69, 9.17) is 23.7 Å². The molecule has 0 N–H and O–H groups in total. The van der Waals surface area contributed by atoms with E-state index in [2.05, 4.69) is 22.5 Å². The Kier molecular flexibility index (Phi) is 8.37. The van der Waals surface area contributed by atoms with Gasteiger partial charge in [-0.15, -0.1) is 6.58 Å². The third-order valence-corrected chi connectivity index (χ3v) is 3.96. The summed E-state index contributed by atoms with van der Waals surface area (Å²) in [7, 11) is 0. The fraction of sp³-hybridized carbons (Fsp3) is 0.667. The Labute approximate surface area is 148 Å². The predicted octanol–water partition coefficient (Wildman–Crippen LogP) is 1.10. The van der Waals surface area contributed by atoms with Gasteiger partial charge in [-0.25, -0.2) is 0 Å². The highest BCUT2D eigenvalue weighted by Gasteiger charge is 2.49. The smallest absolute Gasteiger partial charge is 0.303 e. The van der Waals surface area contributed by atoms with Crippen LogP contribution in [0.2, 0.25) is 0 Å². The molecule has 0 spiro atoms. The second-order valence-electron chi connectivity index (χ2n) is 5.06. The van der Waals surface area contributed by atoms with Crippen molar-refractivity contribution < 1.29 is 38.1 Å². The molecule has 0 aromatic heterocycles. The molecule has 1 aliphatic heterocycles. The van der Waals surface area contributed by atoms with Crippen LogP contribution in [0.25, 0.3) is 0 Å². The van der Waals surface area contributed by atoms with Gasteiger partial charge in [0.25, 0.3) is 0 Å². The molecule has 8 nitrogen and oxygen atoms in total. The number of hydrogen-bond acceptors (Lipinski definition) is 8. The highest BCUT2D eigenvalue weighted by Crippen LogP contribution is 2.31. The lowest BCUT2D eigenvalue weighted by molar-refractivity contribution is -0.258. The van der Waals surface area contributed by atoms with Crippen LogP contribution < -0.4 is 0 Å². The number of ether oxygens (including phenoxy) is 5. The normalized spacial score (nSPS) is 29.4. The summed E-state index contributed by atoms with van der Waals surface area (Å²) in [5.74, 6) is -1.66. The fourth-order valence-corrected chi connectivity index (χ4v) is 2.84. The van der Waals surface area contributed by atoms with E-state index in [1.807, 2.05) is 0 Å². The molecule has 24 heavy (non-hydrogen) atoms. The van der Waals surface area contributed by atoms with Crippen LogP contribution in [0.3, 0.4) is 0 Å². The number of carbonyl (C=O) groups excluding carboxylic acids is 3. The topological polar surface area (TPSA) is 97.4 Å². The lowest BCUT2D eigenvalue weighted by atomic mass is 10.0. The van der Waals surface area contributed by atoms with Crippen molar-refractivity contribution in [1.29, 1.82) is 0 Å². The molecule has 0 unspecified atom stereocenters. The van der Waals surface area contributed by atoms with E-state index < -0.39 is 47.3 Å². The summed E-state index contributed by atoms with van der Waals surface area (Å²) in [6.07, 6.45) is -1.98. The van der Waals surface area contributed by atoms with E-state index in [1.54, 1.807) is 0 Å². The number of hydrogen-bond donors (Lipinski definition) is 0. The van der Waals surface area contributed by atoms with Gasteiger partial charge in [-0.05, 0) is 0 Å². The summed E-state index contributed by atoms with van der Waals surface area (Å²) in [6.45, 7) is 7.26. The van der Waals surface area contributed by atoms with Crippen molar-refractivity contribution in [2.75, 3.05) is 13.2 Å². The van der Waals surface area contributed by atoms with Crippen molar-refractivity contribution in [2.24, 2.45) is 0 Å². The highest BCUT2D eigenvalue weighted by atomic mass is 79.9. The molecular formula is C15H21BrO8. The largest absolute Gasteiger partial charge is 0.463 e. The molecule has 136 valence electrons. The van der Waals surface area contributed by atoms with Crippen LogP contribution in [0, 0.1) is 0 Å². The van der Waals surface area contributed by atoms with Crippen molar-refractivity contribution in [3.63, 3.8) is 0 Å². The van der Waals surface area contributed by atoms with Crippen LogP contribution in [0.5, 0.6) is 0 Å². The molecule has 1 aliphatic rings. The van der Waals surface area contributed by atoms with Crippen molar-refractivity contribution in [3.8, 4) is 0 Å². The molecule has 0 bridgehead atoms. The Balaban J connectivity index is 3.03. The van der Waals surface area contributed by atoms with Gasteiger partial charge in [0.15, 0.2) is 18.5 Å². The van der Waals surface area contributed by atoms with Crippen molar-refractivity contribution in [3.05, 3.63) is 12.7 Å². The maximum atomic E-state index is 11.4. The SMILES string of the molecule is C=CCO[C@H]1O[C@H](COC(C)=O)[C@H](OC(C)=O)[C@H](OC(C)=O)[C@@H]1Br. The maximum absolute atomic E-state index is 11.4. The Bertz CT molecular complexity index is 480. The molecule has 0 saturated carbocycles. The summed E-state index contributed by atoms with van der Waals surface area (Å²) in [6, 6.07) is 0. The zero-order valence-corrected chi connectivity index (χ0v) is 15.3. The molecule has 0 radical (unpaired) electrons. The molecule has 1 heterocycles. The third-order valence-electron chi connectivity index (χ3n) is 3.01. The molecule has 0 amide bonds. The molecule has 1 rings (SSSR count). The fourth-order valence-electron chi connectivity index (χ4n) is 2.16. The van der Waals surface area contributed by atoms with Gasteiger partial charge in [0.05, 0.1) is 6.61 Å². The van der Waals surface area contributed by atoms with Gasteiger partial charge in [0, 0.05) is 20.8 Å². The first-order chi connectivity index (χ1) is 11.3. The predicted molar refractivity (Wildman–Crippen MR) is 85.3 cm³/mol. The molecule has 1 fully saturated rings. The van der Waals surface area contributed by atoms with Crippen molar-refractivity contribution in [2.45, 2.75) is 50.2 Å². The number of carbonyl (C=O) groups is 3. The van der Waals surface area contributed by atoms with E-state index in [0.29, 0.717) is 0 Å². The lowest BCUT2D eigenvalue weighted by Crippen LogP contribution is -2.60. The summed E-state index contributed by atoms with van der Waals surface area (Å²) in [5, 5.41) is 0. The highest BCUT2D eigenvalue weighted by molar-refractivity contribution is 9.09. The lowest BCUT2D eigenvalue weighted by Gasteiger charge is -2.42. The average Bonchev–Trinajstić information content (AvgIpc) is 2.48. The minimum atomic E-state index is -0.960. The Morgan fingerprint density at radius 2 is 1.67 bits per heavy atom. The first-order valence-corrected chi connectivity index (χ1v) is 8.17. The van der Waals surface area contributed by atoms with Gasteiger partial charge in [-0.1, -0.05) is 22.0 Å². The van der Waals surface area contributed by atoms with Crippen LogP contribution in [-0.4, -0.2) is 60.6 Å². The Morgan fingerprint density at radius 3 is 2.17 bits per heavy atom. The summed E-state index contributed by atoms with van der Waals surface area (Å²) >= 11 is 3.36. The molecule has 0 aliphatic carbocycles. The standard InChI is InChI=1S/C15H21BrO8/c1-5-6-20-15-12(16)14(23-10(4)19)13(22-9(3)18)11(24-15)7-21-8(2)17/h5,11-15H,1,6-7H2,2-4H3/t11-,12+,13+,14-,15+/m1/s1. The first-order valence-electron chi connectivity index (χ1n) is 7.26. The second-order valence-corrected chi connectivity index (χ2v) is 6.12. The molecule has 0 aromatic rings. The van der Waals surface area contributed by atoms with Crippen LogP contribution in [0.1, 0.15) is 20.8 Å². The summed E-state index contributed by atoms with van der Waals surface area (Å²) < 4.78 is 26.7. The molecule has 1 saturated heterocycles. The van der Waals surface area contributed by atoms with E-state index in [1.165, 1.54) is 26.8 Å². The van der Waals surface area contributed by atoms with E-state index in [-0.39, 0.29) is 13.2 Å². The van der Waals surface area contributed by atoms with Crippen LogP contribution in [0.4, 0.5) is 0 Å². The van der Waals surface area contributed by atoms with Crippen LogP contribution in [-0.2, 0) is 38.1 Å². The second kappa shape index (κ2) is 9.75.